The normalized spacial score (nSPS) is 20.5. The molecule has 7 nitrogen and oxygen atoms in total. The first-order chi connectivity index (χ1) is 12.2. The third-order valence-corrected chi connectivity index (χ3v) is 4.85. The Bertz CT molecular complexity index is 900. The number of hydrogen-bond donors (Lipinski definition) is 2. The molecule has 4 rings (SSSR count). The number of aromatic nitrogens is 4. The van der Waals surface area contributed by atoms with Gasteiger partial charge in [-0.25, -0.2) is 4.98 Å². The van der Waals surface area contributed by atoms with Gasteiger partial charge >= 0.3 is 0 Å². The van der Waals surface area contributed by atoms with Gasteiger partial charge in [0.1, 0.15) is 5.82 Å². The number of ether oxygens (including phenoxy) is 1. The number of rotatable bonds is 4. The van der Waals surface area contributed by atoms with Crippen LogP contribution in [0.1, 0.15) is 29.7 Å². The first kappa shape index (κ1) is 15.8. The second-order valence-corrected chi connectivity index (χ2v) is 6.47. The number of aryl methyl sites for hydroxylation is 1. The number of para-hydroxylation sites is 1. The predicted octanol–water partition coefficient (Wildman–Crippen LogP) is 2.13. The van der Waals surface area contributed by atoms with Gasteiger partial charge in [-0.2, -0.15) is 5.10 Å². The fourth-order valence-corrected chi connectivity index (χ4v) is 3.54. The zero-order valence-corrected chi connectivity index (χ0v) is 14.3. The summed E-state index contributed by atoms with van der Waals surface area (Å²) in [6.07, 6.45) is 2.99. The molecule has 0 spiro atoms. The van der Waals surface area contributed by atoms with Crippen LogP contribution in [0.4, 0.5) is 0 Å². The lowest BCUT2D eigenvalue weighted by molar-refractivity contribution is -0.131. The van der Waals surface area contributed by atoms with E-state index in [-0.39, 0.29) is 18.1 Å². The molecule has 1 aromatic carbocycles. The minimum absolute atomic E-state index is 0.00993. The van der Waals surface area contributed by atoms with Crippen LogP contribution in [0, 0.1) is 6.92 Å². The second-order valence-electron chi connectivity index (χ2n) is 6.47. The summed E-state index contributed by atoms with van der Waals surface area (Å²) in [5.74, 6) is 1.47. The van der Waals surface area contributed by atoms with Crippen LogP contribution in [0.5, 0.6) is 0 Å². The average molecular weight is 339 g/mol. The van der Waals surface area contributed by atoms with Gasteiger partial charge < -0.3 is 14.6 Å². The molecule has 0 radical (unpaired) electrons. The topological polar surface area (TPSA) is 86.9 Å². The Morgan fingerprint density at radius 1 is 1.40 bits per heavy atom. The molecule has 7 heteroatoms. The van der Waals surface area contributed by atoms with E-state index in [1.165, 1.54) is 0 Å². The van der Waals surface area contributed by atoms with E-state index in [1.807, 2.05) is 42.3 Å². The van der Waals surface area contributed by atoms with E-state index in [9.17, 15) is 4.79 Å². The maximum Gasteiger partial charge on any atom is 0.227 e. The molecule has 1 amide bonds. The SMILES string of the molecule is CO[C@@H]1C[C@@H](c2n[nH]c(C)n2)N(C(=O)Cc2c[nH]c3ccccc23)C1. The van der Waals surface area contributed by atoms with Crippen LogP contribution in [-0.2, 0) is 16.0 Å². The molecule has 0 unspecified atom stereocenters. The Labute approximate surface area is 145 Å². The van der Waals surface area contributed by atoms with Gasteiger partial charge in [0.05, 0.1) is 18.6 Å². The highest BCUT2D eigenvalue weighted by Crippen LogP contribution is 2.32. The largest absolute Gasteiger partial charge is 0.380 e. The number of benzene rings is 1. The summed E-state index contributed by atoms with van der Waals surface area (Å²) < 4.78 is 5.49. The smallest absolute Gasteiger partial charge is 0.227 e. The number of amides is 1. The summed E-state index contributed by atoms with van der Waals surface area (Å²) in [5.41, 5.74) is 2.05. The molecule has 2 N–H and O–H groups in total. The van der Waals surface area contributed by atoms with Crippen LogP contribution >= 0.6 is 0 Å². The number of carbonyl (C=O) groups is 1. The number of H-pyrrole nitrogens is 2. The summed E-state index contributed by atoms with van der Waals surface area (Å²) in [6, 6.07) is 7.87. The Morgan fingerprint density at radius 2 is 2.24 bits per heavy atom. The van der Waals surface area contributed by atoms with Gasteiger partial charge in [-0.1, -0.05) is 18.2 Å². The maximum atomic E-state index is 13.0. The third kappa shape index (κ3) is 2.91. The van der Waals surface area contributed by atoms with Gasteiger partial charge in [0.2, 0.25) is 5.91 Å². The van der Waals surface area contributed by atoms with Crippen molar-refractivity contribution in [3.8, 4) is 0 Å². The monoisotopic (exact) mass is 339 g/mol. The minimum atomic E-state index is -0.146. The van der Waals surface area contributed by atoms with Crippen molar-refractivity contribution in [2.75, 3.05) is 13.7 Å². The summed E-state index contributed by atoms with van der Waals surface area (Å²) in [7, 11) is 1.68. The third-order valence-electron chi connectivity index (χ3n) is 4.85. The van der Waals surface area contributed by atoms with E-state index < -0.39 is 0 Å². The average Bonchev–Trinajstić information content (AvgIpc) is 3.33. The summed E-state index contributed by atoms with van der Waals surface area (Å²) in [4.78, 5) is 22.5. The second kappa shape index (κ2) is 6.33. The number of carbonyl (C=O) groups excluding carboxylic acids is 1. The highest BCUT2D eigenvalue weighted by Gasteiger charge is 2.38. The Balaban J connectivity index is 1.58. The first-order valence-corrected chi connectivity index (χ1v) is 8.42. The molecule has 1 saturated heterocycles. The van der Waals surface area contributed by atoms with E-state index in [2.05, 4.69) is 20.2 Å². The molecule has 0 saturated carbocycles. The lowest BCUT2D eigenvalue weighted by Gasteiger charge is -2.22. The zero-order chi connectivity index (χ0) is 17.4. The van der Waals surface area contributed by atoms with Crippen LogP contribution in [-0.4, -0.2) is 50.7 Å². The molecule has 130 valence electrons. The Kier molecular flexibility index (Phi) is 4.01. The van der Waals surface area contributed by atoms with Gasteiger partial charge in [-0.3, -0.25) is 9.89 Å². The Morgan fingerprint density at radius 3 is 3.00 bits per heavy atom. The standard InChI is InChI=1S/C18H21N5O2/c1-11-20-18(22-21-11)16-8-13(25-2)10-23(16)17(24)7-12-9-19-15-6-4-3-5-14(12)15/h3-6,9,13,16,19H,7-8,10H2,1-2H3,(H,20,21,22)/t13-,16+/m1/s1. The van der Waals surface area contributed by atoms with Crippen LogP contribution in [0.25, 0.3) is 10.9 Å². The fourth-order valence-electron chi connectivity index (χ4n) is 3.54. The number of likely N-dealkylation sites (tertiary alicyclic amines) is 1. The zero-order valence-electron chi connectivity index (χ0n) is 14.3. The number of aromatic amines is 2. The number of fused-ring (bicyclic) bond motifs is 1. The molecule has 1 aliphatic heterocycles. The molecule has 0 aliphatic carbocycles. The van der Waals surface area contributed by atoms with Crippen LogP contribution in [0.15, 0.2) is 30.5 Å². The van der Waals surface area contributed by atoms with Gasteiger partial charge in [0.15, 0.2) is 5.82 Å². The van der Waals surface area contributed by atoms with Gasteiger partial charge in [0, 0.05) is 37.2 Å². The van der Waals surface area contributed by atoms with Crippen molar-refractivity contribution in [2.45, 2.75) is 31.9 Å². The van der Waals surface area contributed by atoms with Crippen LogP contribution in [0.2, 0.25) is 0 Å². The van der Waals surface area contributed by atoms with Gasteiger partial charge in [0.25, 0.3) is 0 Å². The predicted molar refractivity (Wildman–Crippen MR) is 93.0 cm³/mol. The van der Waals surface area contributed by atoms with Gasteiger partial charge in [-0.15, -0.1) is 0 Å². The van der Waals surface area contributed by atoms with E-state index >= 15 is 0 Å². The number of hydrogen-bond acceptors (Lipinski definition) is 4. The first-order valence-electron chi connectivity index (χ1n) is 8.42. The molecule has 25 heavy (non-hydrogen) atoms. The molecule has 3 heterocycles. The molecular weight excluding hydrogens is 318 g/mol. The van der Waals surface area contributed by atoms with Crippen molar-refractivity contribution in [3.63, 3.8) is 0 Å². The number of nitrogens with zero attached hydrogens (tertiary/aromatic N) is 3. The summed E-state index contributed by atoms with van der Waals surface area (Å²) >= 11 is 0. The fraction of sp³-hybridized carbons (Fsp3) is 0.389. The molecule has 3 aromatic rings. The summed E-state index contributed by atoms with van der Waals surface area (Å²) in [5, 5.41) is 8.20. The molecule has 2 atom stereocenters. The molecule has 2 aromatic heterocycles. The van der Waals surface area contributed by atoms with Crippen LogP contribution in [0.3, 0.4) is 0 Å². The number of nitrogens with one attached hydrogen (secondary N) is 2. The van der Waals surface area contributed by atoms with Crippen molar-refractivity contribution in [1.82, 2.24) is 25.1 Å². The van der Waals surface area contributed by atoms with E-state index in [4.69, 9.17) is 4.74 Å². The van der Waals surface area contributed by atoms with Crippen molar-refractivity contribution in [2.24, 2.45) is 0 Å². The van der Waals surface area contributed by atoms with E-state index in [0.29, 0.717) is 25.2 Å². The lowest BCUT2D eigenvalue weighted by atomic mass is 10.1. The molecular formula is C18H21N5O2. The van der Waals surface area contributed by atoms with E-state index in [1.54, 1.807) is 7.11 Å². The lowest BCUT2D eigenvalue weighted by Crippen LogP contribution is -2.33. The highest BCUT2D eigenvalue weighted by molar-refractivity contribution is 5.89. The van der Waals surface area contributed by atoms with E-state index in [0.717, 1.165) is 22.3 Å². The van der Waals surface area contributed by atoms with Gasteiger partial charge in [-0.05, 0) is 18.6 Å². The highest BCUT2D eigenvalue weighted by atomic mass is 16.5. The van der Waals surface area contributed by atoms with Crippen molar-refractivity contribution in [3.05, 3.63) is 47.7 Å². The van der Waals surface area contributed by atoms with Crippen LogP contribution < -0.4 is 0 Å². The van der Waals surface area contributed by atoms with Crippen molar-refractivity contribution < 1.29 is 9.53 Å². The molecule has 1 fully saturated rings. The quantitative estimate of drug-likeness (QED) is 0.762. The van der Waals surface area contributed by atoms with Crippen molar-refractivity contribution in [1.29, 1.82) is 0 Å². The maximum absolute atomic E-state index is 13.0. The Hall–Kier alpha value is -2.67. The minimum Gasteiger partial charge on any atom is -0.380 e. The number of methoxy groups -OCH3 is 1. The molecule has 0 bridgehead atoms. The van der Waals surface area contributed by atoms with Crippen molar-refractivity contribution >= 4 is 16.8 Å². The summed E-state index contributed by atoms with van der Waals surface area (Å²) in [6.45, 7) is 2.42. The molecule has 1 aliphatic rings.